The van der Waals surface area contributed by atoms with Gasteiger partial charge in [0.2, 0.25) is 0 Å². The van der Waals surface area contributed by atoms with E-state index in [1.165, 1.54) is 6.08 Å². The van der Waals surface area contributed by atoms with Gasteiger partial charge in [0.15, 0.2) is 11.5 Å². The highest BCUT2D eigenvalue weighted by Gasteiger charge is 2.14. The Labute approximate surface area is 221 Å². The highest BCUT2D eigenvalue weighted by Crippen LogP contribution is 2.32. The summed E-state index contributed by atoms with van der Waals surface area (Å²) in [5.41, 5.74) is 4.16. The van der Waals surface area contributed by atoms with Crippen LogP contribution in [0.2, 0.25) is 5.02 Å². The van der Waals surface area contributed by atoms with Crippen LogP contribution in [0.25, 0.3) is 16.8 Å². The summed E-state index contributed by atoms with van der Waals surface area (Å²) in [6.07, 6.45) is 1.52. The van der Waals surface area contributed by atoms with Gasteiger partial charge in [-0.1, -0.05) is 60.1 Å². The second-order valence-electron chi connectivity index (χ2n) is 8.55. The largest absolute Gasteiger partial charge is 0.490 e. The molecule has 37 heavy (non-hydrogen) atoms. The topological polar surface area (TPSA) is 71.3 Å². The van der Waals surface area contributed by atoms with Crippen molar-refractivity contribution >= 4 is 40.0 Å². The number of halogens is 1. The van der Waals surface area contributed by atoms with Gasteiger partial charge in [0, 0.05) is 16.3 Å². The number of aryl methyl sites for hydroxylation is 1. The lowest BCUT2D eigenvalue weighted by Gasteiger charge is -2.15. The molecule has 0 aliphatic carbocycles. The van der Waals surface area contributed by atoms with E-state index in [2.05, 4.69) is 36.5 Å². The number of benzene rings is 4. The summed E-state index contributed by atoms with van der Waals surface area (Å²) in [6, 6.07) is 25.0. The van der Waals surface area contributed by atoms with Gasteiger partial charge in [0.05, 0.1) is 6.61 Å². The van der Waals surface area contributed by atoms with E-state index in [1.807, 2.05) is 25.1 Å². The number of anilines is 1. The van der Waals surface area contributed by atoms with Gasteiger partial charge in [0.1, 0.15) is 18.2 Å². The van der Waals surface area contributed by atoms with Crippen molar-refractivity contribution in [2.75, 3.05) is 11.9 Å². The van der Waals surface area contributed by atoms with Crippen LogP contribution in [0.1, 0.15) is 29.2 Å². The van der Waals surface area contributed by atoms with Gasteiger partial charge in [0.25, 0.3) is 5.91 Å². The Morgan fingerprint density at radius 1 is 1.00 bits per heavy atom. The molecule has 4 aromatic carbocycles. The maximum Gasteiger partial charge on any atom is 0.266 e. The minimum Gasteiger partial charge on any atom is -0.490 e. The standard InChI is InChI=1S/C31H27ClN2O3/c1-4-36-30-17-22(16-24(18-33)31(35)34-28-11-7-10-27(32)21(28)3)13-15-29(30)37-19-26-20(2)12-14-23-8-5-6-9-25(23)26/h5-17H,4,19H2,1-3H3,(H,34,35)/b24-16+. The molecule has 0 bridgehead atoms. The Balaban J connectivity index is 1.57. The number of nitrogens with one attached hydrogen (secondary N) is 1. The van der Waals surface area contributed by atoms with Gasteiger partial charge in [-0.2, -0.15) is 5.26 Å². The molecule has 0 aromatic heterocycles. The zero-order chi connectivity index (χ0) is 26.4. The first-order valence-corrected chi connectivity index (χ1v) is 12.3. The molecule has 0 heterocycles. The average molecular weight is 511 g/mol. The van der Waals surface area contributed by atoms with E-state index in [1.54, 1.807) is 43.3 Å². The van der Waals surface area contributed by atoms with Gasteiger partial charge in [-0.15, -0.1) is 0 Å². The van der Waals surface area contributed by atoms with E-state index in [0.29, 0.717) is 41.0 Å². The smallest absolute Gasteiger partial charge is 0.266 e. The molecule has 0 fully saturated rings. The van der Waals surface area contributed by atoms with Crippen molar-refractivity contribution in [1.82, 2.24) is 0 Å². The minimum absolute atomic E-state index is 0.0399. The van der Waals surface area contributed by atoms with E-state index < -0.39 is 5.91 Å². The van der Waals surface area contributed by atoms with Crippen LogP contribution in [-0.4, -0.2) is 12.5 Å². The molecule has 0 spiro atoms. The fraction of sp³-hybridized carbons (Fsp3) is 0.161. The molecule has 0 aliphatic heterocycles. The van der Waals surface area contributed by atoms with Gasteiger partial charge in [-0.3, -0.25) is 4.79 Å². The zero-order valence-corrected chi connectivity index (χ0v) is 21.7. The van der Waals surface area contributed by atoms with Crippen LogP contribution >= 0.6 is 11.6 Å². The summed E-state index contributed by atoms with van der Waals surface area (Å²) < 4.78 is 12.0. The second-order valence-corrected chi connectivity index (χ2v) is 8.95. The number of hydrogen-bond acceptors (Lipinski definition) is 4. The fourth-order valence-corrected chi connectivity index (χ4v) is 4.21. The summed E-state index contributed by atoms with van der Waals surface area (Å²) in [4.78, 5) is 12.8. The molecule has 0 saturated heterocycles. The van der Waals surface area contributed by atoms with Crippen molar-refractivity contribution in [2.45, 2.75) is 27.4 Å². The maximum absolute atomic E-state index is 12.8. The van der Waals surface area contributed by atoms with Crippen molar-refractivity contribution < 1.29 is 14.3 Å². The molecule has 0 saturated carbocycles. The van der Waals surface area contributed by atoms with Crippen molar-refractivity contribution in [3.05, 3.63) is 106 Å². The summed E-state index contributed by atoms with van der Waals surface area (Å²) >= 11 is 6.15. The van der Waals surface area contributed by atoms with E-state index in [4.69, 9.17) is 21.1 Å². The SMILES string of the molecule is CCOc1cc(/C=C(\C#N)C(=O)Nc2cccc(Cl)c2C)ccc1OCc1c(C)ccc2ccccc12. The molecule has 0 atom stereocenters. The molecular weight excluding hydrogens is 484 g/mol. The monoisotopic (exact) mass is 510 g/mol. The molecule has 1 amide bonds. The molecule has 4 aromatic rings. The first-order valence-electron chi connectivity index (χ1n) is 12.0. The predicted octanol–water partition coefficient (Wildman–Crippen LogP) is 7.63. The van der Waals surface area contributed by atoms with Crippen LogP contribution in [0.3, 0.4) is 0 Å². The Morgan fingerprint density at radius 3 is 2.59 bits per heavy atom. The van der Waals surface area contributed by atoms with E-state index in [0.717, 1.165) is 27.5 Å². The molecule has 6 heteroatoms. The van der Waals surface area contributed by atoms with Crippen molar-refractivity contribution in [1.29, 1.82) is 5.26 Å². The fourth-order valence-electron chi connectivity index (χ4n) is 4.04. The lowest BCUT2D eigenvalue weighted by Crippen LogP contribution is -2.14. The van der Waals surface area contributed by atoms with Crippen LogP contribution < -0.4 is 14.8 Å². The number of nitriles is 1. The van der Waals surface area contributed by atoms with Gasteiger partial charge < -0.3 is 14.8 Å². The maximum atomic E-state index is 12.8. The normalized spacial score (nSPS) is 11.2. The van der Waals surface area contributed by atoms with Crippen molar-refractivity contribution in [2.24, 2.45) is 0 Å². The molecule has 1 N–H and O–H groups in total. The van der Waals surface area contributed by atoms with Crippen LogP contribution in [0.5, 0.6) is 11.5 Å². The number of carbonyl (C=O) groups excluding carboxylic acids is 1. The minimum atomic E-state index is -0.516. The van der Waals surface area contributed by atoms with Crippen LogP contribution in [-0.2, 0) is 11.4 Å². The summed E-state index contributed by atoms with van der Waals surface area (Å²) in [5.74, 6) is 0.610. The number of hydrogen-bond donors (Lipinski definition) is 1. The molecule has 186 valence electrons. The first-order chi connectivity index (χ1) is 17.9. The Bertz CT molecular complexity index is 1540. The van der Waals surface area contributed by atoms with Crippen molar-refractivity contribution in [3.63, 3.8) is 0 Å². The number of ether oxygens (including phenoxy) is 2. The average Bonchev–Trinajstić information content (AvgIpc) is 2.90. The van der Waals surface area contributed by atoms with Crippen molar-refractivity contribution in [3.8, 4) is 17.6 Å². The Kier molecular flexibility index (Phi) is 8.12. The molecule has 5 nitrogen and oxygen atoms in total. The number of carbonyl (C=O) groups is 1. The lowest BCUT2D eigenvalue weighted by atomic mass is 10.0. The Hall–Kier alpha value is -4.27. The highest BCUT2D eigenvalue weighted by atomic mass is 35.5. The molecular formula is C31H27ClN2O3. The highest BCUT2D eigenvalue weighted by molar-refractivity contribution is 6.31. The third-order valence-electron chi connectivity index (χ3n) is 6.11. The lowest BCUT2D eigenvalue weighted by molar-refractivity contribution is -0.112. The van der Waals surface area contributed by atoms with Crippen LogP contribution in [0.4, 0.5) is 5.69 Å². The van der Waals surface area contributed by atoms with E-state index >= 15 is 0 Å². The third-order valence-corrected chi connectivity index (χ3v) is 6.52. The van der Waals surface area contributed by atoms with E-state index in [9.17, 15) is 10.1 Å². The van der Waals surface area contributed by atoms with Gasteiger partial charge in [-0.05, 0) is 78.6 Å². The number of fused-ring (bicyclic) bond motifs is 1. The molecule has 0 unspecified atom stereocenters. The van der Waals surface area contributed by atoms with Crippen LogP contribution in [0, 0.1) is 25.2 Å². The molecule has 0 radical (unpaired) electrons. The summed E-state index contributed by atoms with van der Waals surface area (Å²) in [6.45, 7) is 6.59. The Morgan fingerprint density at radius 2 is 1.81 bits per heavy atom. The van der Waals surface area contributed by atoms with Gasteiger partial charge in [-0.25, -0.2) is 0 Å². The second kappa shape index (κ2) is 11.6. The zero-order valence-electron chi connectivity index (χ0n) is 21.0. The number of nitrogens with zero attached hydrogens (tertiary/aromatic N) is 1. The predicted molar refractivity (Wildman–Crippen MR) is 149 cm³/mol. The number of amides is 1. The van der Waals surface area contributed by atoms with E-state index in [-0.39, 0.29) is 5.57 Å². The van der Waals surface area contributed by atoms with Gasteiger partial charge >= 0.3 is 0 Å². The summed E-state index contributed by atoms with van der Waals surface area (Å²) in [7, 11) is 0. The van der Waals surface area contributed by atoms with Crippen LogP contribution in [0.15, 0.2) is 78.4 Å². The first kappa shape index (κ1) is 25.8. The molecule has 0 aliphatic rings. The number of rotatable bonds is 8. The molecule has 4 rings (SSSR count). The summed E-state index contributed by atoms with van der Waals surface area (Å²) in [5, 5.41) is 15.3. The third kappa shape index (κ3) is 5.94. The quantitative estimate of drug-likeness (QED) is 0.195.